The van der Waals surface area contributed by atoms with E-state index in [1.807, 2.05) is 47.3 Å². The summed E-state index contributed by atoms with van der Waals surface area (Å²) in [7, 11) is 0. The Balaban J connectivity index is 1.60. The molecule has 2 aromatic carbocycles. The predicted octanol–water partition coefficient (Wildman–Crippen LogP) is 5.81. The lowest BCUT2D eigenvalue weighted by Gasteiger charge is -2.10. The predicted molar refractivity (Wildman–Crippen MR) is 112 cm³/mol. The molecule has 0 amide bonds. The normalized spacial score (nSPS) is 10.5. The summed E-state index contributed by atoms with van der Waals surface area (Å²) in [6.07, 6.45) is 3.60. The first-order chi connectivity index (χ1) is 12.0. The van der Waals surface area contributed by atoms with Gasteiger partial charge in [-0.3, -0.25) is 4.68 Å². The van der Waals surface area contributed by atoms with Crippen molar-refractivity contribution in [3.63, 3.8) is 0 Å². The molecule has 0 unspecified atom stereocenters. The molecule has 128 valence electrons. The van der Waals surface area contributed by atoms with Gasteiger partial charge in [0.15, 0.2) is 5.11 Å². The van der Waals surface area contributed by atoms with Crippen LogP contribution in [0.2, 0.25) is 10.0 Å². The molecule has 3 aromatic rings. The van der Waals surface area contributed by atoms with E-state index < -0.39 is 0 Å². The minimum Gasteiger partial charge on any atom is -0.331 e. The zero-order valence-electron chi connectivity index (χ0n) is 12.8. The number of benzene rings is 2. The standard InChI is InChI=1S/C17H13BrCl2N4S/c18-12-3-6-16(15(20)7-12)23-17(25)22-14-8-21-24(10-14)9-11-1-4-13(19)5-2-11/h1-8,10H,9H2,(H2,22,23,25). The molecule has 0 bridgehead atoms. The number of hydrogen-bond donors (Lipinski definition) is 2. The van der Waals surface area contributed by atoms with E-state index in [4.69, 9.17) is 35.4 Å². The number of aromatic nitrogens is 2. The molecule has 25 heavy (non-hydrogen) atoms. The van der Waals surface area contributed by atoms with Crippen LogP contribution in [-0.2, 0) is 6.54 Å². The van der Waals surface area contributed by atoms with Crippen LogP contribution in [0.1, 0.15) is 5.56 Å². The van der Waals surface area contributed by atoms with Crippen molar-refractivity contribution in [1.82, 2.24) is 9.78 Å². The van der Waals surface area contributed by atoms with Crippen LogP contribution < -0.4 is 10.6 Å². The van der Waals surface area contributed by atoms with E-state index in [2.05, 4.69) is 31.7 Å². The van der Waals surface area contributed by atoms with Crippen molar-refractivity contribution >= 4 is 67.8 Å². The van der Waals surface area contributed by atoms with E-state index in [0.717, 1.165) is 26.4 Å². The summed E-state index contributed by atoms with van der Waals surface area (Å²) in [5, 5.41) is 12.2. The van der Waals surface area contributed by atoms with Gasteiger partial charge >= 0.3 is 0 Å². The van der Waals surface area contributed by atoms with Crippen LogP contribution in [0.4, 0.5) is 11.4 Å². The molecule has 2 N–H and O–H groups in total. The second-order valence-corrected chi connectivity index (χ2v) is 7.42. The second kappa shape index (κ2) is 8.19. The molecule has 0 spiro atoms. The van der Waals surface area contributed by atoms with Gasteiger partial charge in [0.1, 0.15) is 0 Å². The molecule has 1 aromatic heterocycles. The van der Waals surface area contributed by atoms with E-state index in [1.54, 1.807) is 12.3 Å². The molecule has 0 aliphatic carbocycles. The fraction of sp³-hybridized carbons (Fsp3) is 0.0588. The first-order valence-electron chi connectivity index (χ1n) is 7.29. The average molecular weight is 456 g/mol. The first-order valence-corrected chi connectivity index (χ1v) is 9.25. The maximum atomic E-state index is 6.18. The molecular weight excluding hydrogens is 443 g/mol. The van der Waals surface area contributed by atoms with Crippen molar-refractivity contribution in [2.24, 2.45) is 0 Å². The Kier molecular flexibility index (Phi) is 5.96. The smallest absolute Gasteiger partial charge is 0.175 e. The molecule has 0 atom stereocenters. The quantitative estimate of drug-likeness (QED) is 0.487. The molecule has 1 heterocycles. The van der Waals surface area contributed by atoms with E-state index in [-0.39, 0.29) is 0 Å². The van der Waals surface area contributed by atoms with E-state index in [1.165, 1.54) is 0 Å². The van der Waals surface area contributed by atoms with Gasteiger partial charge in [0.2, 0.25) is 0 Å². The molecule has 0 radical (unpaired) electrons. The van der Waals surface area contributed by atoms with Crippen LogP contribution in [0.3, 0.4) is 0 Å². The largest absolute Gasteiger partial charge is 0.331 e. The SMILES string of the molecule is S=C(Nc1cnn(Cc2ccc(Cl)cc2)c1)Nc1ccc(Br)cc1Cl. The summed E-state index contributed by atoms with van der Waals surface area (Å²) in [5.74, 6) is 0. The van der Waals surface area contributed by atoms with Gasteiger partial charge in [0, 0.05) is 15.7 Å². The lowest BCUT2D eigenvalue weighted by Crippen LogP contribution is -2.19. The number of anilines is 2. The summed E-state index contributed by atoms with van der Waals surface area (Å²) >= 11 is 20.8. The molecular formula is C17H13BrCl2N4S. The van der Waals surface area contributed by atoms with Gasteiger partial charge in [0.25, 0.3) is 0 Å². The third kappa shape index (κ3) is 5.19. The van der Waals surface area contributed by atoms with Crippen molar-refractivity contribution in [2.75, 3.05) is 10.6 Å². The van der Waals surface area contributed by atoms with Gasteiger partial charge in [-0.1, -0.05) is 51.3 Å². The van der Waals surface area contributed by atoms with Crippen LogP contribution in [0.25, 0.3) is 0 Å². The van der Waals surface area contributed by atoms with E-state index >= 15 is 0 Å². The second-order valence-electron chi connectivity index (χ2n) is 5.26. The van der Waals surface area contributed by atoms with Gasteiger partial charge in [-0.05, 0) is 48.1 Å². The minimum absolute atomic E-state index is 0.440. The van der Waals surface area contributed by atoms with Gasteiger partial charge in [-0.25, -0.2) is 0 Å². The molecule has 0 saturated carbocycles. The van der Waals surface area contributed by atoms with Crippen LogP contribution in [0.5, 0.6) is 0 Å². The molecule has 3 rings (SSSR count). The van der Waals surface area contributed by atoms with Crippen molar-refractivity contribution in [1.29, 1.82) is 0 Å². The van der Waals surface area contributed by atoms with Gasteiger partial charge in [-0.15, -0.1) is 0 Å². The Hall–Kier alpha value is -1.60. The highest BCUT2D eigenvalue weighted by atomic mass is 79.9. The monoisotopic (exact) mass is 454 g/mol. The van der Waals surface area contributed by atoms with Crippen molar-refractivity contribution in [3.8, 4) is 0 Å². The fourth-order valence-corrected chi connectivity index (χ4v) is 3.24. The Morgan fingerprint density at radius 3 is 2.60 bits per heavy atom. The third-order valence-electron chi connectivity index (χ3n) is 3.33. The summed E-state index contributed by atoms with van der Waals surface area (Å²) in [6.45, 7) is 0.650. The highest BCUT2D eigenvalue weighted by molar-refractivity contribution is 9.10. The van der Waals surface area contributed by atoms with Crippen LogP contribution in [-0.4, -0.2) is 14.9 Å². The number of rotatable bonds is 4. The zero-order chi connectivity index (χ0) is 17.8. The number of nitrogens with one attached hydrogen (secondary N) is 2. The van der Waals surface area contributed by atoms with Crippen molar-refractivity contribution < 1.29 is 0 Å². The maximum Gasteiger partial charge on any atom is 0.175 e. The highest BCUT2D eigenvalue weighted by Crippen LogP contribution is 2.25. The van der Waals surface area contributed by atoms with Gasteiger partial charge in [0.05, 0.1) is 29.1 Å². The van der Waals surface area contributed by atoms with Crippen LogP contribution in [0.15, 0.2) is 59.3 Å². The van der Waals surface area contributed by atoms with Crippen LogP contribution >= 0.6 is 51.3 Å². The van der Waals surface area contributed by atoms with Crippen molar-refractivity contribution in [3.05, 3.63) is 74.9 Å². The van der Waals surface area contributed by atoms with E-state index in [0.29, 0.717) is 16.7 Å². The minimum atomic E-state index is 0.440. The molecule has 0 aliphatic rings. The fourth-order valence-electron chi connectivity index (χ4n) is 2.17. The lowest BCUT2D eigenvalue weighted by atomic mass is 10.2. The summed E-state index contributed by atoms with van der Waals surface area (Å²) in [6, 6.07) is 13.2. The molecule has 0 aliphatic heterocycles. The molecule has 4 nitrogen and oxygen atoms in total. The first kappa shape index (κ1) is 18.2. The summed E-state index contributed by atoms with van der Waals surface area (Å²) < 4.78 is 2.73. The molecule has 8 heteroatoms. The number of halogens is 3. The highest BCUT2D eigenvalue weighted by Gasteiger charge is 2.06. The topological polar surface area (TPSA) is 41.9 Å². The average Bonchev–Trinajstić information content (AvgIpc) is 2.99. The zero-order valence-corrected chi connectivity index (χ0v) is 16.8. The van der Waals surface area contributed by atoms with Gasteiger partial charge < -0.3 is 10.6 Å². The van der Waals surface area contributed by atoms with E-state index in [9.17, 15) is 0 Å². The Labute approximate surface area is 169 Å². The maximum absolute atomic E-state index is 6.18. The Bertz CT molecular complexity index is 896. The summed E-state index contributed by atoms with van der Waals surface area (Å²) in [5.41, 5.74) is 2.64. The van der Waals surface area contributed by atoms with Crippen LogP contribution in [0, 0.1) is 0 Å². The third-order valence-corrected chi connectivity index (χ3v) is 4.59. The Morgan fingerprint density at radius 2 is 1.88 bits per heavy atom. The lowest BCUT2D eigenvalue weighted by molar-refractivity contribution is 0.687. The molecule has 0 fully saturated rings. The summed E-state index contributed by atoms with van der Waals surface area (Å²) in [4.78, 5) is 0. The number of nitrogens with zero attached hydrogens (tertiary/aromatic N) is 2. The van der Waals surface area contributed by atoms with Crippen molar-refractivity contribution in [2.45, 2.75) is 6.54 Å². The number of hydrogen-bond acceptors (Lipinski definition) is 2. The molecule has 0 saturated heterocycles. The Morgan fingerprint density at radius 1 is 1.12 bits per heavy atom. The van der Waals surface area contributed by atoms with Gasteiger partial charge in [-0.2, -0.15) is 5.10 Å². The number of thiocarbonyl (C=S) groups is 1.